The van der Waals surface area contributed by atoms with E-state index in [1.807, 2.05) is 66.7 Å². The third kappa shape index (κ3) is 8.93. The fourth-order valence-corrected chi connectivity index (χ4v) is 5.89. The number of anilines is 3. The summed E-state index contributed by atoms with van der Waals surface area (Å²) < 4.78 is 12.9. The quantitative estimate of drug-likeness (QED) is 0.102. The van der Waals surface area contributed by atoms with Crippen molar-refractivity contribution >= 4 is 40.6 Å². The van der Waals surface area contributed by atoms with Crippen molar-refractivity contribution in [3.8, 4) is 0 Å². The average molecular weight is 612 g/mol. The summed E-state index contributed by atoms with van der Waals surface area (Å²) in [6.07, 6.45) is 0.596. The number of hydrogen-bond acceptors (Lipinski definition) is 7. The average Bonchev–Trinajstić information content (AvgIpc) is 3.05. The van der Waals surface area contributed by atoms with Crippen molar-refractivity contribution in [3.63, 3.8) is 0 Å². The van der Waals surface area contributed by atoms with Gasteiger partial charge in [-0.2, -0.15) is 0 Å². The maximum absolute atomic E-state index is 12.7. The van der Waals surface area contributed by atoms with E-state index in [-0.39, 0.29) is 43.5 Å². The Labute approximate surface area is 262 Å². The number of benzene rings is 4. The van der Waals surface area contributed by atoms with Gasteiger partial charge < -0.3 is 30.9 Å². The number of rotatable bonds is 12. The van der Waals surface area contributed by atoms with Crippen LogP contribution in [0.1, 0.15) is 54.8 Å². The Morgan fingerprint density at radius 3 is 2.30 bits per heavy atom. The Morgan fingerprint density at radius 2 is 1.55 bits per heavy atom. The summed E-state index contributed by atoms with van der Waals surface area (Å²) in [5.41, 5.74) is 10.2. The van der Waals surface area contributed by atoms with Gasteiger partial charge in [-0.05, 0) is 53.9 Å². The molecule has 0 saturated carbocycles. The van der Waals surface area contributed by atoms with Gasteiger partial charge in [0.05, 0.1) is 30.2 Å². The molecule has 0 spiro atoms. The van der Waals surface area contributed by atoms with Crippen LogP contribution >= 0.6 is 11.8 Å². The Morgan fingerprint density at radius 1 is 0.818 bits per heavy atom. The molecule has 0 unspecified atom stereocenters. The highest BCUT2D eigenvalue weighted by Crippen LogP contribution is 2.40. The molecule has 0 aromatic heterocycles. The van der Waals surface area contributed by atoms with Crippen molar-refractivity contribution < 1.29 is 24.2 Å². The first-order valence-electron chi connectivity index (χ1n) is 14.7. The van der Waals surface area contributed by atoms with Gasteiger partial charge >= 0.3 is 0 Å². The molecule has 0 aliphatic carbocycles. The molecule has 1 aliphatic heterocycles. The smallest absolute Gasteiger partial charge is 0.224 e. The number of aliphatic hydroxyl groups is 1. The Kier molecular flexibility index (Phi) is 11.0. The molecule has 3 atom stereocenters. The molecule has 1 saturated heterocycles. The second-order valence-electron chi connectivity index (χ2n) is 10.6. The minimum atomic E-state index is -0.626. The lowest BCUT2D eigenvalue weighted by molar-refractivity contribution is -0.245. The fourth-order valence-electron chi connectivity index (χ4n) is 4.95. The van der Waals surface area contributed by atoms with E-state index in [4.69, 9.17) is 15.2 Å². The number of nitrogens with two attached hydrogens (primary N) is 1. The van der Waals surface area contributed by atoms with Gasteiger partial charge in [0.15, 0.2) is 6.29 Å². The summed E-state index contributed by atoms with van der Waals surface area (Å²) >= 11 is 1.74. The maximum atomic E-state index is 12.7. The lowest BCUT2D eigenvalue weighted by atomic mass is 10.0. The predicted molar refractivity (Wildman–Crippen MR) is 174 cm³/mol. The zero-order chi connectivity index (χ0) is 30.7. The number of nitrogen functional groups attached to an aromatic ring is 1. The molecule has 0 radical (unpaired) electrons. The number of carbonyl (C=O) groups is 2. The van der Waals surface area contributed by atoms with Gasteiger partial charge in [-0.1, -0.05) is 66.7 Å². The number of carbonyl (C=O) groups excluding carboxylic acids is 2. The summed E-state index contributed by atoms with van der Waals surface area (Å²) in [5, 5.41) is 15.2. The van der Waals surface area contributed by atoms with Crippen molar-refractivity contribution in [2.45, 2.75) is 55.7 Å². The third-order valence-corrected chi connectivity index (χ3v) is 8.42. The molecule has 228 valence electrons. The van der Waals surface area contributed by atoms with E-state index in [9.17, 15) is 14.7 Å². The van der Waals surface area contributed by atoms with Crippen LogP contribution in [0.2, 0.25) is 0 Å². The zero-order valence-electron chi connectivity index (χ0n) is 24.4. The van der Waals surface area contributed by atoms with Crippen LogP contribution in [-0.4, -0.2) is 28.8 Å². The number of aliphatic hydroxyl groups excluding tert-OH is 1. The normalized spacial score (nSPS) is 18.0. The molecule has 5 rings (SSSR count). The molecule has 4 aromatic carbocycles. The molecule has 8 nitrogen and oxygen atoms in total. The molecule has 5 N–H and O–H groups in total. The van der Waals surface area contributed by atoms with E-state index in [2.05, 4.69) is 22.8 Å². The predicted octanol–water partition coefficient (Wildman–Crippen LogP) is 6.85. The second kappa shape index (κ2) is 15.5. The van der Waals surface area contributed by atoms with Gasteiger partial charge in [0.2, 0.25) is 11.8 Å². The van der Waals surface area contributed by atoms with Gasteiger partial charge in [-0.15, -0.1) is 11.8 Å². The van der Waals surface area contributed by atoms with Gasteiger partial charge in [0.25, 0.3) is 0 Å². The van der Waals surface area contributed by atoms with Crippen LogP contribution in [-0.2, 0) is 25.7 Å². The van der Waals surface area contributed by atoms with E-state index in [1.165, 1.54) is 4.90 Å². The minimum absolute atomic E-state index is 0.0115. The summed E-state index contributed by atoms with van der Waals surface area (Å²) in [6, 6.07) is 32.6. The summed E-state index contributed by atoms with van der Waals surface area (Å²) in [6.45, 7) is -0.0115. The van der Waals surface area contributed by atoms with E-state index >= 15 is 0 Å². The van der Waals surface area contributed by atoms with E-state index in [0.717, 1.165) is 22.4 Å². The molecule has 1 fully saturated rings. The van der Waals surface area contributed by atoms with E-state index < -0.39 is 6.29 Å². The molecule has 2 amide bonds. The molecule has 9 heteroatoms. The minimum Gasteiger partial charge on any atom is -0.397 e. The highest BCUT2D eigenvalue weighted by molar-refractivity contribution is 7.99. The van der Waals surface area contributed by atoms with Crippen molar-refractivity contribution in [1.29, 1.82) is 0 Å². The number of ether oxygens (including phenoxy) is 2. The molecule has 44 heavy (non-hydrogen) atoms. The maximum Gasteiger partial charge on any atom is 0.224 e. The highest BCUT2D eigenvalue weighted by Gasteiger charge is 2.32. The Balaban J connectivity index is 1.20. The van der Waals surface area contributed by atoms with Crippen molar-refractivity contribution in [2.75, 3.05) is 22.1 Å². The largest absolute Gasteiger partial charge is 0.397 e. The van der Waals surface area contributed by atoms with Crippen LogP contribution in [0.3, 0.4) is 0 Å². The zero-order valence-corrected chi connectivity index (χ0v) is 25.2. The first kappa shape index (κ1) is 31.3. The SMILES string of the molecule is Nc1ccccc1NC(=O)CCCC(=O)Nc1cccc([C@H]2O[C@@H](CSc3ccccc3)C[C@@H](c3ccc(CO)cc3)O2)c1. The number of amides is 2. The van der Waals surface area contributed by atoms with Crippen LogP contribution in [0.25, 0.3) is 0 Å². The number of para-hydroxylation sites is 2. The van der Waals surface area contributed by atoms with Crippen LogP contribution in [0, 0.1) is 0 Å². The van der Waals surface area contributed by atoms with Gasteiger partial charge in [-0.3, -0.25) is 9.59 Å². The summed E-state index contributed by atoms with van der Waals surface area (Å²) in [5.74, 6) is 0.388. The van der Waals surface area contributed by atoms with E-state index in [1.54, 1.807) is 36.0 Å². The molecule has 4 aromatic rings. The van der Waals surface area contributed by atoms with Crippen LogP contribution in [0.15, 0.2) is 108 Å². The molecule has 1 aliphatic rings. The standard InChI is InChI=1S/C35H37N3O5S/c36-30-12-4-5-13-31(30)38-34(41)15-7-14-33(40)37-27-9-6-8-26(20-27)35-42-28(23-44-29-10-2-1-3-11-29)21-32(43-35)25-18-16-24(22-39)17-19-25/h1-6,8-13,16-20,28,32,35,39H,7,14-15,21-23,36H2,(H,37,40)(H,38,41)/t28-,32+,35+/m1/s1. The van der Waals surface area contributed by atoms with Gasteiger partial charge in [0, 0.05) is 41.2 Å². The first-order valence-corrected chi connectivity index (χ1v) is 15.7. The third-order valence-electron chi connectivity index (χ3n) is 7.28. The second-order valence-corrected chi connectivity index (χ2v) is 11.7. The monoisotopic (exact) mass is 611 g/mol. The highest BCUT2D eigenvalue weighted by atomic mass is 32.2. The van der Waals surface area contributed by atoms with Crippen molar-refractivity contribution in [3.05, 3.63) is 120 Å². The summed E-state index contributed by atoms with van der Waals surface area (Å²) in [7, 11) is 0. The van der Waals surface area contributed by atoms with Crippen molar-refractivity contribution in [1.82, 2.24) is 0 Å². The van der Waals surface area contributed by atoms with Crippen LogP contribution in [0.5, 0.6) is 0 Å². The van der Waals surface area contributed by atoms with E-state index in [0.29, 0.717) is 29.9 Å². The Bertz CT molecular complexity index is 1530. The molecule has 1 heterocycles. The first-order chi connectivity index (χ1) is 21.5. The van der Waals surface area contributed by atoms with Gasteiger partial charge in [0.1, 0.15) is 0 Å². The summed E-state index contributed by atoms with van der Waals surface area (Å²) in [4.78, 5) is 26.2. The van der Waals surface area contributed by atoms with Gasteiger partial charge in [-0.25, -0.2) is 0 Å². The Hall–Kier alpha value is -4.15. The number of thioether (sulfide) groups is 1. The lowest BCUT2D eigenvalue weighted by Gasteiger charge is -2.36. The lowest BCUT2D eigenvalue weighted by Crippen LogP contribution is -2.31. The van der Waals surface area contributed by atoms with Crippen molar-refractivity contribution in [2.24, 2.45) is 0 Å². The number of nitrogens with one attached hydrogen (secondary N) is 2. The molecular formula is C35H37N3O5S. The molecule has 0 bridgehead atoms. The number of hydrogen-bond donors (Lipinski definition) is 4. The topological polar surface area (TPSA) is 123 Å². The van der Waals surface area contributed by atoms with Crippen LogP contribution < -0.4 is 16.4 Å². The van der Waals surface area contributed by atoms with Crippen LogP contribution in [0.4, 0.5) is 17.1 Å². The fraction of sp³-hybridized carbons (Fsp3) is 0.257. The molecular weight excluding hydrogens is 574 g/mol.